The van der Waals surface area contributed by atoms with Crippen molar-refractivity contribution in [2.45, 2.75) is 12.8 Å². The van der Waals surface area contributed by atoms with E-state index in [1.165, 1.54) is 6.33 Å². The summed E-state index contributed by atoms with van der Waals surface area (Å²) in [6.45, 7) is 1.63. The average Bonchev–Trinajstić information content (AvgIpc) is 3.18. The summed E-state index contributed by atoms with van der Waals surface area (Å²) in [4.78, 5) is 17.9. The number of thiazole rings is 1. The molecule has 3 heterocycles. The minimum Gasteiger partial charge on any atom is -0.441 e. The third kappa shape index (κ3) is 3.06. The van der Waals surface area contributed by atoms with Crippen molar-refractivity contribution in [3.8, 4) is 0 Å². The SMILES string of the molecule is Nc1ncnc2sc(CCNCCc3nc4ccccc4o3)nc12. The van der Waals surface area contributed by atoms with Crippen LogP contribution in [0.3, 0.4) is 0 Å². The number of nitrogens with zero attached hydrogens (tertiary/aromatic N) is 4. The van der Waals surface area contributed by atoms with Gasteiger partial charge in [0.15, 0.2) is 17.3 Å². The van der Waals surface area contributed by atoms with E-state index in [0.717, 1.165) is 52.8 Å². The first-order valence-electron chi connectivity index (χ1n) is 7.70. The van der Waals surface area contributed by atoms with E-state index in [0.29, 0.717) is 11.3 Å². The lowest BCUT2D eigenvalue weighted by Gasteiger charge is -2.00. The highest BCUT2D eigenvalue weighted by Crippen LogP contribution is 2.22. The Morgan fingerprint density at radius 2 is 1.96 bits per heavy atom. The molecule has 0 aliphatic carbocycles. The molecule has 0 atom stereocenters. The van der Waals surface area contributed by atoms with Crippen molar-refractivity contribution in [3.05, 3.63) is 41.5 Å². The Bertz CT molecular complexity index is 946. The van der Waals surface area contributed by atoms with Crippen molar-refractivity contribution in [2.75, 3.05) is 18.8 Å². The van der Waals surface area contributed by atoms with Crippen LogP contribution in [0.5, 0.6) is 0 Å². The van der Waals surface area contributed by atoms with Crippen molar-refractivity contribution >= 4 is 38.6 Å². The molecule has 0 bridgehead atoms. The van der Waals surface area contributed by atoms with E-state index in [4.69, 9.17) is 10.2 Å². The molecule has 7 nitrogen and oxygen atoms in total. The molecule has 0 saturated heterocycles. The summed E-state index contributed by atoms with van der Waals surface area (Å²) in [5, 5.41) is 4.39. The van der Waals surface area contributed by atoms with E-state index in [9.17, 15) is 0 Å². The van der Waals surface area contributed by atoms with E-state index in [2.05, 4.69) is 25.3 Å². The van der Waals surface area contributed by atoms with Gasteiger partial charge in [-0.3, -0.25) is 0 Å². The Hall–Kier alpha value is -2.58. The number of nitrogens with one attached hydrogen (secondary N) is 1. The average molecular weight is 340 g/mol. The van der Waals surface area contributed by atoms with E-state index in [1.54, 1.807) is 11.3 Å². The fraction of sp³-hybridized carbons (Fsp3) is 0.250. The Morgan fingerprint density at radius 1 is 1.08 bits per heavy atom. The molecule has 3 N–H and O–H groups in total. The van der Waals surface area contributed by atoms with Gasteiger partial charge in [-0.25, -0.2) is 19.9 Å². The minimum atomic E-state index is 0.436. The molecule has 0 aliphatic heterocycles. The lowest BCUT2D eigenvalue weighted by molar-refractivity contribution is 0.515. The zero-order valence-corrected chi connectivity index (χ0v) is 13.7. The van der Waals surface area contributed by atoms with E-state index < -0.39 is 0 Å². The molecular formula is C16H16N6OS. The van der Waals surface area contributed by atoms with Crippen LogP contribution in [0, 0.1) is 0 Å². The topological polar surface area (TPSA) is 103 Å². The number of hydrogen-bond donors (Lipinski definition) is 2. The molecule has 1 aromatic carbocycles. The van der Waals surface area contributed by atoms with Gasteiger partial charge in [0.25, 0.3) is 0 Å². The third-order valence-electron chi connectivity index (χ3n) is 3.64. The molecule has 4 rings (SSSR count). The third-order valence-corrected chi connectivity index (χ3v) is 4.66. The molecule has 0 fully saturated rings. The molecule has 24 heavy (non-hydrogen) atoms. The van der Waals surface area contributed by atoms with Gasteiger partial charge >= 0.3 is 0 Å². The Balaban J connectivity index is 1.28. The Labute approximate surface area is 142 Å². The first-order chi connectivity index (χ1) is 11.8. The maximum atomic E-state index is 5.80. The molecule has 0 unspecified atom stereocenters. The fourth-order valence-corrected chi connectivity index (χ4v) is 3.37. The predicted molar refractivity (Wildman–Crippen MR) is 93.9 cm³/mol. The molecule has 0 spiro atoms. The fourth-order valence-electron chi connectivity index (χ4n) is 2.46. The maximum absolute atomic E-state index is 5.80. The van der Waals surface area contributed by atoms with E-state index in [-0.39, 0.29) is 0 Å². The standard InChI is InChI=1S/C16H16N6OS/c17-15-14-16(20-9-19-15)24-13(22-14)6-8-18-7-5-12-21-10-3-1-2-4-11(10)23-12/h1-4,9,18H,5-8H2,(H2,17,19,20). The number of fused-ring (bicyclic) bond motifs is 2. The minimum absolute atomic E-state index is 0.436. The van der Waals surface area contributed by atoms with Crippen LogP contribution >= 0.6 is 11.3 Å². The smallest absolute Gasteiger partial charge is 0.196 e. The summed E-state index contributed by atoms with van der Waals surface area (Å²) in [5.41, 5.74) is 8.24. The highest BCUT2D eigenvalue weighted by molar-refractivity contribution is 7.18. The van der Waals surface area contributed by atoms with Gasteiger partial charge in [-0.15, -0.1) is 0 Å². The van der Waals surface area contributed by atoms with Crippen LogP contribution in [0.15, 0.2) is 35.0 Å². The second-order valence-electron chi connectivity index (χ2n) is 5.35. The van der Waals surface area contributed by atoms with Gasteiger partial charge in [0.05, 0.1) is 5.01 Å². The maximum Gasteiger partial charge on any atom is 0.196 e. The number of hydrogen-bond acceptors (Lipinski definition) is 8. The lowest BCUT2D eigenvalue weighted by atomic mass is 10.3. The number of nitrogens with two attached hydrogens (primary N) is 1. The largest absolute Gasteiger partial charge is 0.441 e. The van der Waals surface area contributed by atoms with Gasteiger partial charge in [0.2, 0.25) is 0 Å². The number of rotatable bonds is 6. The monoisotopic (exact) mass is 340 g/mol. The summed E-state index contributed by atoms with van der Waals surface area (Å²) in [6.07, 6.45) is 3.05. The zero-order chi connectivity index (χ0) is 16.4. The summed E-state index contributed by atoms with van der Waals surface area (Å²) >= 11 is 1.56. The van der Waals surface area contributed by atoms with Crippen molar-refractivity contribution in [2.24, 2.45) is 0 Å². The zero-order valence-electron chi connectivity index (χ0n) is 12.9. The molecule has 3 aromatic heterocycles. The molecule has 8 heteroatoms. The second kappa shape index (κ2) is 6.50. The summed E-state index contributed by atoms with van der Waals surface area (Å²) in [5.74, 6) is 1.19. The van der Waals surface area contributed by atoms with Crippen molar-refractivity contribution in [1.29, 1.82) is 0 Å². The quantitative estimate of drug-likeness (QED) is 0.519. The van der Waals surface area contributed by atoms with Gasteiger partial charge in [0.1, 0.15) is 22.2 Å². The number of oxazole rings is 1. The number of nitrogen functional groups attached to an aromatic ring is 1. The number of anilines is 1. The van der Waals surface area contributed by atoms with Gasteiger partial charge < -0.3 is 15.5 Å². The van der Waals surface area contributed by atoms with Crippen LogP contribution in [-0.2, 0) is 12.8 Å². The highest BCUT2D eigenvalue weighted by Gasteiger charge is 2.08. The molecule has 4 aromatic rings. The van der Waals surface area contributed by atoms with Gasteiger partial charge in [-0.2, -0.15) is 0 Å². The predicted octanol–water partition coefficient (Wildman–Crippen LogP) is 2.18. The molecule has 0 aliphatic rings. The number of benzene rings is 1. The first kappa shape index (κ1) is 15.0. The van der Waals surface area contributed by atoms with Crippen LogP contribution in [0.25, 0.3) is 21.4 Å². The molecule has 0 radical (unpaired) electrons. The van der Waals surface area contributed by atoms with Crippen molar-refractivity contribution in [3.63, 3.8) is 0 Å². The van der Waals surface area contributed by atoms with Crippen LogP contribution in [-0.4, -0.2) is 33.0 Å². The molecule has 0 saturated carbocycles. The summed E-state index contributed by atoms with van der Waals surface area (Å²) < 4.78 is 5.70. The molecular weight excluding hydrogens is 324 g/mol. The second-order valence-corrected chi connectivity index (χ2v) is 6.41. The van der Waals surface area contributed by atoms with Crippen LogP contribution < -0.4 is 11.1 Å². The van der Waals surface area contributed by atoms with Gasteiger partial charge in [0, 0.05) is 25.9 Å². The molecule has 0 amide bonds. The van der Waals surface area contributed by atoms with Crippen LogP contribution in [0.4, 0.5) is 5.82 Å². The van der Waals surface area contributed by atoms with E-state index >= 15 is 0 Å². The van der Waals surface area contributed by atoms with Crippen LogP contribution in [0.2, 0.25) is 0 Å². The lowest BCUT2D eigenvalue weighted by Crippen LogP contribution is -2.20. The Morgan fingerprint density at radius 3 is 2.83 bits per heavy atom. The van der Waals surface area contributed by atoms with Crippen molar-refractivity contribution in [1.82, 2.24) is 25.3 Å². The van der Waals surface area contributed by atoms with Gasteiger partial charge in [-0.05, 0) is 12.1 Å². The summed E-state index contributed by atoms with van der Waals surface area (Å²) in [6, 6.07) is 7.80. The highest BCUT2D eigenvalue weighted by atomic mass is 32.1. The normalized spacial score (nSPS) is 11.5. The Kier molecular flexibility index (Phi) is 4.06. The number of para-hydroxylation sites is 2. The number of aromatic nitrogens is 4. The molecule has 122 valence electrons. The van der Waals surface area contributed by atoms with Gasteiger partial charge in [-0.1, -0.05) is 23.5 Å². The first-order valence-corrected chi connectivity index (χ1v) is 8.52. The van der Waals surface area contributed by atoms with E-state index in [1.807, 2.05) is 24.3 Å². The summed E-state index contributed by atoms with van der Waals surface area (Å²) in [7, 11) is 0. The van der Waals surface area contributed by atoms with Crippen LogP contribution in [0.1, 0.15) is 10.9 Å². The van der Waals surface area contributed by atoms with Crippen molar-refractivity contribution < 1.29 is 4.42 Å².